The second-order valence-electron chi connectivity index (χ2n) is 4.99. The van der Waals surface area contributed by atoms with Crippen LogP contribution in [0.5, 0.6) is 11.5 Å². The summed E-state index contributed by atoms with van der Waals surface area (Å²) < 4.78 is 10.6. The molecule has 1 N–H and O–H groups in total. The fraction of sp³-hybridized carbons (Fsp3) is 0.538. The molecule has 0 saturated carbocycles. The molecule has 0 aromatic heterocycles. The van der Waals surface area contributed by atoms with Gasteiger partial charge in [-0.05, 0) is 17.4 Å². The van der Waals surface area contributed by atoms with E-state index >= 15 is 0 Å². The molecule has 0 saturated heterocycles. The smallest absolute Gasteiger partial charge is 0.166 e. The predicted octanol–water partition coefficient (Wildman–Crippen LogP) is 3.07. The third-order valence-electron chi connectivity index (χ3n) is 3.37. The van der Waals surface area contributed by atoms with Crippen LogP contribution in [0.4, 0.5) is 0 Å². The Morgan fingerprint density at radius 2 is 2.00 bits per heavy atom. The van der Waals surface area contributed by atoms with Crippen LogP contribution in [-0.2, 0) is 5.41 Å². The van der Waals surface area contributed by atoms with E-state index in [1.165, 1.54) is 0 Å². The Morgan fingerprint density at radius 3 is 2.53 bits per heavy atom. The summed E-state index contributed by atoms with van der Waals surface area (Å²) in [6, 6.07) is 1.75. The van der Waals surface area contributed by atoms with Gasteiger partial charge < -0.3 is 14.6 Å². The largest absolute Gasteiger partial charge is 0.493 e. The van der Waals surface area contributed by atoms with Crippen molar-refractivity contribution in [3.63, 3.8) is 0 Å². The molecule has 3 nitrogen and oxygen atoms in total. The van der Waals surface area contributed by atoms with Gasteiger partial charge in [0.1, 0.15) is 0 Å². The van der Waals surface area contributed by atoms with Crippen molar-refractivity contribution in [2.45, 2.75) is 31.8 Å². The molecule has 4 heteroatoms. The second-order valence-corrected chi connectivity index (χ2v) is 5.39. The standard InChI is InChI=1S/C13H17ClO3/c1-13(2)6-8(15)10-11(13)7(14)5-9(16-3)12(10)17-4/h5,8,15H,6H2,1-4H3/t8-/m1/s1. The molecule has 94 valence electrons. The number of aliphatic hydroxyl groups is 1. The Morgan fingerprint density at radius 1 is 1.35 bits per heavy atom. The molecule has 0 spiro atoms. The van der Waals surface area contributed by atoms with E-state index in [-0.39, 0.29) is 5.41 Å². The van der Waals surface area contributed by atoms with Crippen LogP contribution in [0.2, 0.25) is 5.02 Å². The van der Waals surface area contributed by atoms with Crippen molar-refractivity contribution in [1.29, 1.82) is 0 Å². The maximum absolute atomic E-state index is 10.2. The van der Waals surface area contributed by atoms with Gasteiger partial charge in [-0.15, -0.1) is 0 Å². The minimum Gasteiger partial charge on any atom is -0.493 e. The normalized spacial score (nSPS) is 21.2. The number of rotatable bonds is 2. The van der Waals surface area contributed by atoms with Gasteiger partial charge in [-0.25, -0.2) is 0 Å². The Bertz CT molecular complexity index is 454. The van der Waals surface area contributed by atoms with Gasteiger partial charge in [0.15, 0.2) is 11.5 Å². The van der Waals surface area contributed by atoms with E-state index in [0.717, 1.165) is 11.1 Å². The van der Waals surface area contributed by atoms with Crippen molar-refractivity contribution in [2.24, 2.45) is 0 Å². The monoisotopic (exact) mass is 256 g/mol. The lowest BCUT2D eigenvalue weighted by atomic mass is 9.86. The summed E-state index contributed by atoms with van der Waals surface area (Å²) in [6.07, 6.45) is 0.0912. The number of methoxy groups -OCH3 is 2. The quantitative estimate of drug-likeness (QED) is 0.884. The fourth-order valence-corrected chi connectivity index (χ4v) is 3.14. The second kappa shape index (κ2) is 4.07. The maximum Gasteiger partial charge on any atom is 0.166 e. The molecule has 1 aliphatic carbocycles. The lowest BCUT2D eigenvalue weighted by Crippen LogP contribution is -2.13. The van der Waals surface area contributed by atoms with Crippen molar-refractivity contribution in [1.82, 2.24) is 0 Å². The number of benzene rings is 1. The topological polar surface area (TPSA) is 38.7 Å². The Balaban J connectivity index is 2.76. The molecule has 17 heavy (non-hydrogen) atoms. The fourth-order valence-electron chi connectivity index (χ4n) is 2.68. The highest BCUT2D eigenvalue weighted by atomic mass is 35.5. The van der Waals surface area contributed by atoms with Gasteiger partial charge in [0.25, 0.3) is 0 Å². The summed E-state index contributed by atoms with van der Waals surface area (Å²) in [7, 11) is 3.14. The van der Waals surface area contributed by atoms with Crippen molar-refractivity contribution in [3.8, 4) is 11.5 Å². The van der Waals surface area contributed by atoms with E-state index in [1.54, 1.807) is 20.3 Å². The molecule has 0 bridgehead atoms. The average molecular weight is 257 g/mol. The molecule has 0 amide bonds. The summed E-state index contributed by atoms with van der Waals surface area (Å²) in [5, 5.41) is 10.8. The molecule has 2 rings (SSSR count). The first-order valence-corrected chi connectivity index (χ1v) is 5.93. The Hall–Kier alpha value is -0.930. The highest BCUT2D eigenvalue weighted by molar-refractivity contribution is 6.32. The third kappa shape index (κ3) is 1.78. The Labute approximate surface area is 106 Å². The summed E-state index contributed by atoms with van der Waals surface area (Å²) in [5.41, 5.74) is 1.58. The van der Waals surface area contributed by atoms with Gasteiger partial charge in [0.05, 0.1) is 20.3 Å². The molecule has 1 atom stereocenters. The molecular weight excluding hydrogens is 240 g/mol. The van der Waals surface area contributed by atoms with E-state index in [2.05, 4.69) is 13.8 Å². The number of aliphatic hydroxyl groups excluding tert-OH is 1. The Kier molecular flexibility index (Phi) is 3.00. The number of halogens is 1. The van der Waals surface area contributed by atoms with Crippen LogP contribution < -0.4 is 9.47 Å². The number of hydrogen-bond acceptors (Lipinski definition) is 3. The van der Waals surface area contributed by atoms with Crippen LogP contribution in [0.15, 0.2) is 6.07 Å². The SMILES string of the molecule is COc1cc(Cl)c2c(c1OC)[C@H](O)CC2(C)C. The molecule has 1 aromatic rings. The van der Waals surface area contributed by atoms with E-state index in [4.69, 9.17) is 21.1 Å². The average Bonchev–Trinajstić information content (AvgIpc) is 2.49. The van der Waals surface area contributed by atoms with E-state index in [1.807, 2.05) is 0 Å². The first-order chi connectivity index (χ1) is 7.92. The third-order valence-corrected chi connectivity index (χ3v) is 3.67. The minimum atomic E-state index is -0.553. The first-order valence-electron chi connectivity index (χ1n) is 5.55. The summed E-state index contributed by atoms with van der Waals surface area (Å²) in [4.78, 5) is 0. The van der Waals surface area contributed by atoms with Gasteiger partial charge >= 0.3 is 0 Å². The molecule has 0 fully saturated rings. The summed E-state index contributed by atoms with van der Waals surface area (Å²) >= 11 is 6.29. The summed E-state index contributed by atoms with van der Waals surface area (Å²) in [6.45, 7) is 4.14. The van der Waals surface area contributed by atoms with Crippen molar-refractivity contribution < 1.29 is 14.6 Å². The molecule has 1 aromatic carbocycles. The predicted molar refractivity (Wildman–Crippen MR) is 67.2 cm³/mol. The van der Waals surface area contributed by atoms with Crippen molar-refractivity contribution >= 4 is 11.6 Å². The van der Waals surface area contributed by atoms with Gasteiger partial charge in [-0.3, -0.25) is 0 Å². The molecule has 0 radical (unpaired) electrons. The zero-order valence-corrected chi connectivity index (χ0v) is 11.3. The van der Waals surface area contributed by atoms with Crippen molar-refractivity contribution in [2.75, 3.05) is 14.2 Å². The van der Waals surface area contributed by atoms with E-state index in [0.29, 0.717) is 22.9 Å². The number of ether oxygens (including phenoxy) is 2. The molecule has 0 heterocycles. The maximum atomic E-state index is 10.2. The zero-order chi connectivity index (χ0) is 12.8. The first kappa shape index (κ1) is 12.5. The lowest BCUT2D eigenvalue weighted by molar-refractivity contribution is 0.158. The van der Waals surface area contributed by atoms with Crippen LogP contribution in [0, 0.1) is 0 Å². The van der Waals surface area contributed by atoms with Crippen LogP contribution in [0.25, 0.3) is 0 Å². The lowest BCUT2D eigenvalue weighted by Gasteiger charge is -2.21. The molecule has 1 aliphatic rings. The molecule has 0 aliphatic heterocycles. The zero-order valence-electron chi connectivity index (χ0n) is 10.5. The highest BCUT2D eigenvalue weighted by Gasteiger charge is 2.41. The van der Waals surface area contributed by atoms with E-state index in [9.17, 15) is 5.11 Å². The molecule has 0 unspecified atom stereocenters. The number of hydrogen-bond donors (Lipinski definition) is 1. The van der Waals surface area contributed by atoms with Crippen LogP contribution in [-0.4, -0.2) is 19.3 Å². The van der Waals surface area contributed by atoms with Gasteiger partial charge in [-0.2, -0.15) is 0 Å². The van der Waals surface area contributed by atoms with Crippen LogP contribution in [0.3, 0.4) is 0 Å². The van der Waals surface area contributed by atoms with E-state index < -0.39 is 6.10 Å². The van der Waals surface area contributed by atoms with Gasteiger partial charge in [0.2, 0.25) is 0 Å². The number of fused-ring (bicyclic) bond motifs is 1. The van der Waals surface area contributed by atoms with Crippen molar-refractivity contribution in [3.05, 3.63) is 22.2 Å². The van der Waals surface area contributed by atoms with Crippen LogP contribution >= 0.6 is 11.6 Å². The van der Waals surface area contributed by atoms with Gasteiger partial charge in [0, 0.05) is 16.7 Å². The van der Waals surface area contributed by atoms with Crippen LogP contribution in [0.1, 0.15) is 37.5 Å². The minimum absolute atomic E-state index is 0.147. The molecular formula is C13H17ClO3. The summed E-state index contributed by atoms with van der Waals surface area (Å²) in [5.74, 6) is 1.15. The highest BCUT2D eigenvalue weighted by Crippen LogP contribution is 2.54. The van der Waals surface area contributed by atoms with Gasteiger partial charge in [-0.1, -0.05) is 25.4 Å².